The Bertz CT molecular complexity index is 1070. The minimum Gasteiger partial charge on any atom is -0.394 e. The third kappa shape index (κ3) is 47.1. The van der Waals surface area contributed by atoms with Crippen molar-refractivity contribution in [3.63, 3.8) is 0 Å². The van der Waals surface area contributed by atoms with Crippen LogP contribution in [0.25, 0.3) is 0 Å². The van der Waals surface area contributed by atoms with Crippen molar-refractivity contribution in [1.29, 1.82) is 0 Å². The molecule has 0 saturated heterocycles. The van der Waals surface area contributed by atoms with Gasteiger partial charge >= 0.3 is 0 Å². The molecule has 1 amide bonds. The Hall–Kier alpha value is -1.73. The van der Waals surface area contributed by atoms with E-state index in [2.05, 4.69) is 67.8 Å². The molecule has 0 aromatic heterocycles. The van der Waals surface area contributed by atoms with E-state index in [1.54, 1.807) is 0 Å². The normalized spacial score (nSPS) is 14.1. The molecule has 6 heteroatoms. The van der Waals surface area contributed by atoms with E-state index in [1.165, 1.54) is 205 Å². The molecule has 0 aliphatic heterocycles. The lowest BCUT2D eigenvalue weighted by Gasteiger charge is -2.27. The molecule has 0 bridgehead atoms. The molecule has 0 aliphatic rings. The summed E-state index contributed by atoms with van der Waals surface area (Å²) in [4.78, 5) is 12.6. The van der Waals surface area contributed by atoms with Crippen molar-refractivity contribution in [2.45, 2.75) is 314 Å². The van der Waals surface area contributed by atoms with Gasteiger partial charge < -0.3 is 25.7 Å². The van der Waals surface area contributed by atoms with Gasteiger partial charge in [0.15, 0.2) is 0 Å². The number of amides is 1. The first kappa shape index (κ1) is 63.3. The van der Waals surface area contributed by atoms with E-state index in [1.807, 2.05) is 0 Å². The van der Waals surface area contributed by atoms with Crippen molar-refractivity contribution in [1.82, 2.24) is 5.32 Å². The number of hydrogen-bond acceptors (Lipinski definition) is 5. The number of nitrogens with one attached hydrogen (secondary N) is 1. The third-order valence-electron chi connectivity index (χ3n) is 13.2. The number of aliphatic hydroxyl groups is 4. The highest BCUT2D eigenvalue weighted by atomic mass is 16.3. The maximum atomic E-state index is 12.6. The molecule has 0 radical (unpaired) electrons. The van der Waals surface area contributed by atoms with Crippen molar-refractivity contribution in [3.8, 4) is 0 Å². The number of hydrogen-bond donors (Lipinski definition) is 5. The van der Waals surface area contributed by atoms with Crippen molar-refractivity contribution < 1.29 is 25.2 Å². The Labute approximate surface area is 404 Å². The van der Waals surface area contributed by atoms with Crippen LogP contribution in [0, 0.1) is 0 Å². The van der Waals surface area contributed by atoms with Crippen LogP contribution in [0.1, 0.15) is 290 Å². The van der Waals surface area contributed by atoms with Crippen LogP contribution in [-0.2, 0) is 4.79 Å². The molecule has 4 atom stereocenters. The van der Waals surface area contributed by atoms with E-state index < -0.39 is 36.9 Å². The van der Waals surface area contributed by atoms with Crippen molar-refractivity contribution >= 4 is 5.91 Å². The summed E-state index contributed by atoms with van der Waals surface area (Å²) in [6.07, 6.45) is 67.5. The van der Waals surface area contributed by atoms with E-state index in [-0.39, 0.29) is 0 Å². The fourth-order valence-electron chi connectivity index (χ4n) is 8.73. The zero-order valence-corrected chi connectivity index (χ0v) is 43.2. The van der Waals surface area contributed by atoms with Crippen molar-refractivity contribution in [2.75, 3.05) is 6.61 Å². The molecule has 0 aromatic rings. The van der Waals surface area contributed by atoms with Crippen LogP contribution >= 0.6 is 0 Å². The van der Waals surface area contributed by atoms with Crippen LogP contribution in [0.2, 0.25) is 0 Å². The number of allylic oxidation sites excluding steroid dienone is 8. The summed E-state index contributed by atoms with van der Waals surface area (Å²) >= 11 is 0. The largest absolute Gasteiger partial charge is 0.394 e. The van der Waals surface area contributed by atoms with Crippen LogP contribution in [0.5, 0.6) is 0 Å². The summed E-state index contributed by atoms with van der Waals surface area (Å²) in [6, 6.07) is -1.01. The van der Waals surface area contributed by atoms with Crippen LogP contribution < -0.4 is 5.32 Å². The first-order chi connectivity index (χ1) is 32.0. The standard InChI is InChI=1S/C59H111NO5/c1-3-5-7-9-11-13-15-17-19-21-23-25-27-28-29-31-33-35-37-39-41-43-45-47-49-51-53-57(63)59(65)60-55(54-61)58(64)56(62)52-50-48-46-44-42-40-38-36-34-32-30-26-24-22-20-18-16-14-12-10-8-6-4-2/h26,28-30,36,38,44,46,55-58,61-64H,3-25,27,31-35,37,39-43,45,47-54H2,1-2H3,(H,60,65)/b29-28-,30-26+,38-36+,46-44+. The molecule has 382 valence electrons. The Morgan fingerprint density at radius 1 is 0.369 bits per heavy atom. The zero-order valence-electron chi connectivity index (χ0n) is 43.2. The van der Waals surface area contributed by atoms with Crippen LogP contribution in [0.4, 0.5) is 0 Å². The summed E-state index contributed by atoms with van der Waals surface area (Å²) < 4.78 is 0. The zero-order chi connectivity index (χ0) is 47.4. The Balaban J connectivity index is 3.71. The lowest BCUT2D eigenvalue weighted by Crippen LogP contribution is -2.53. The minimum absolute atomic E-state index is 0.357. The number of unbranched alkanes of at least 4 members (excludes halogenated alkanes) is 35. The van der Waals surface area contributed by atoms with Gasteiger partial charge in [-0.2, -0.15) is 0 Å². The molecule has 0 saturated carbocycles. The van der Waals surface area contributed by atoms with Gasteiger partial charge in [-0.25, -0.2) is 0 Å². The molecule has 0 aliphatic carbocycles. The highest BCUT2D eigenvalue weighted by Crippen LogP contribution is 2.16. The number of aliphatic hydroxyl groups excluding tert-OH is 4. The molecule has 65 heavy (non-hydrogen) atoms. The number of carbonyl (C=O) groups is 1. The Kier molecular flexibility index (Phi) is 51.8. The maximum absolute atomic E-state index is 12.6. The lowest BCUT2D eigenvalue weighted by molar-refractivity contribution is -0.132. The van der Waals surface area contributed by atoms with E-state index in [0.29, 0.717) is 19.3 Å². The molecule has 0 heterocycles. The van der Waals surface area contributed by atoms with Gasteiger partial charge in [0.25, 0.3) is 0 Å². The minimum atomic E-state index is -1.30. The summed E-state index contributed by atoms with van der Waals surface area (Å²) in [7, 11) is 0. The average molecular weight is 915 g/mol. The molecule has 6 nitrogen and oxygen atoms in total. The predicted molar refractivity (Wildman–Crippen MR) is 283 cm³/mol. The third-order valence-corrected chi connectivity index (χ3v) is 13.2. The fraction of sp³-hybridized carbons (Fsp3) is 0.847. The van der Waals surface area contributed by atoms with Crippen LogP contribution in [-0.4, -0.2) is 57.3 Å². The van der Waals surface area contributed by atoms with Gasteiger partial charge in [-0.3, -0.25) is 4.79 Å². The van der Waals surface area contributed by atoms with Gasteiger partial charge in [-0.1, -0.05) is 249 Å². The van der Waals surface area contributed by atoms with Gasteiger partial charge in [0, 0.05) is 0 Å². The van der Waals surface area contributed by atoms with Crippen molar-refractivity contribution in [3.05, 3.63) is 48.6 Å². The molecule has 5 N–H and O–H groups in total. The van der Waals surface area contributed by atoms with Gasteiger partial charge in [-0.15, -0.1) is 0 Å². The van der Waals surface area contributed by atoms with Gasteiger partial charge in [0.05, 0.1) is 18.8 Å². The molecule has 4 unspecified atom stereocenters. The second-order valence-corrected chi connectivity index (χ2v) is 19.6. The summed E-state index contributed by atoms with van der Waals surface area (Å²) in [5, 5.41) is 44.0. The molecule has 0 fully saturated rings. The van der Waals surface area contributed by atoms with E-state index >= 15 is 0 Å². The van der Waals surface area contributed by atoms with E-state index in [4.69, 9.17) is 0 Å². The summed E-state index contributed by atoms with van der Waals surface area (Å²) in [6.45, 7) is 4.06. The molecular weight excluding hydrogens is 803 g/mol. The SMILES string of the molecule is CCCCCCCCCCCC/C=C/CC/C=C/CC/C=C/CCCC(O)C(O)C(CO)NC(=O)C(O)CCCCCCCCCCCC/C=C\CCCCCCCCCCCCCC. The van der Waals surface area contributed by atoms with Gasteiger partial charge in [0.1, 0.15) is 12.2 Å². The smallest absolute Gasteiger partial charge is 0.249 e. The monoisotopic (exact) mass is 914 g/mol. The second-order valence-electron chi connectivity index (χ2n) is 19.6. The van der Waals surface area contributed by atoms with Crippen LogP contribution in [0.15, 0.2) is 48.6 Å². The summed E-state index contributed by atoms with van der Waals surface area (Å²) in [5.41, 5.74) is 0. The van der Waals surface area contributed by atoms with Crippen molar-refractivity contribution in [2.24, 2.45) is 0 Å². The highest BCUT2D eigenvalue weighted by Gasteiger charge is 2.28. The molecule has 0 rings (SSSR count). The van der Waals surface area contributed by atoms with E-state index in [0.717, 1.165) is 51.4 Å². The van der Waals surface area contributed by atoms with Gasteiger partial charge in [-0.05, 0) is 89.9 Å². The average Bonchev–Trinajstić information content (AvgIpc) is 3.31. The topological polar surface area (TPSA) is 110 Å². The second kappa shape index (κ2) is 53.2. The highest BCUT2D eigenvalue weighted by molar-refractivity contribution is 5.80. The molecule has 0 spiro atoms. The Morgan fingerprint density at radius 3 is 0.969 bits per heavy atom. The molecule has 0 aromatic carbocycles. The van der Waals surface area contributed by atoms with E-state index in [9.17, 15) is 25.2 Å². The number of carbonyl (C=O) groups excluding carboxylic acids is 1. The lowest BCUT2D eigenvalue weighted by atomic mass is 10.00. The maximum Gasteiger partial charge on any atom is 0.249 e. The number of rotatable bonds is 52. The first-order valence-electron chi connectivity index (χ1n) is 28.5. The Morgan fingerprint density at radius 2 is 0.646 bits per heavy atom. The fourth-order valence-corrected chi connectivity index (χ4v) is 8.73. The van der Waals surface area contributed by atoms with Crippen LogP contribution in [0.3, 0.4) is 0 Å². The van der Waals surface area contributed by atoms with Gasteiger partial charge in [0.2, 0.25) is 5.91 Å². The first-order valence-corrected chi connectivity index (χ1v) is 28.5. The summed E-state index contributed by atoms with van der Waals surface area (Å²) in [5.74, 6) is -0.599. The quantitative estimate of drug-likeness (QED) is 0.0308. The molecular formula is C59H111NO5. The predicted octanol–water partition coefficient (Wildman–Crippen LogP) is 16.6.